The Labute approximate surface area is 178 Å². The van der Waals surface area contributed by atoms with Crippen LogP contribution in [0.15, 0.2) is 0 Å². The third-order valence-corrected chi connectivity index (χ3v) is 5.28. The van der Waals surface area contributed by atoms with Crippen LogP contribution in [0.2, 0.25) is 0 Å². The smallest absolute Gasteiger partial charge is 0.341 e. The monoisotopic (exact) mass is 459 g/mol. The molecule has 2 rings (SSSR count). The molecule has 2 heterocycles. The average molecular weight is 459 g/mol. The molecule has 0 fully saturated rings. The predicted molar refractivity (Wildman–Crippen MR) is 105 cm³/mol. The third kappa shape index (κ3) is 5.02. The number of alkyl halides is 2. The first kappa shape index (κ1) is 23.9. The molecule has 0 aliphatic heterocycles. The number of anilines is 1. The summed E-state index contributed by atoms with van der Waals surface area (Å²) in [4.78, 5) is 46.7. The Bertz CT molecular complexity index is 1060. The van der Waals surface area contributed by atoms with Gasteiger partial charge in [0.25, 0.3) is 12.3 Å². The van der Waals surface area contributed by atoms with Crippen molar-refractivity contribution in [1.82, 2.24) is 9.78 Å². The van der Waals surface area contributed by atoms with Gasteiger partial charge in [-0.2, -0.15) is 5.10 Å². The number of nitrogens with two attached hydrogens (primary N) is 1. The maximum Gasteiger partial charge on any atom is 0.341 e. The van der Waals surface area contributed by atoms with Crippen LogP contribution in [-0.2, 0) is 16.1 Å². The molecule has 0 unspecified atom stereocenters. The number of nitro groups is 1. The molecule has 31 heavy (non-hydrogen) atoms. The van der Waals surface area contributed by atoms with Crippen LogP contribution < -0.4 is 11.1 Å². The number of aromatic nitrogens is 2. The number of ether oxygens (including phenoxy) is 1. The minimum atomic E-state index is -3.21. The van der Waals surface area contributed by atoms with E-state index in [-0.39, 0.29) is 26.7 Å². The van der Waals surface area contributed by atoms with Gasteiger partial charge in [0.05, 0.1) is 21.5 Å². The van der Waals surface area contributed by atoms with Gasteiger partial charge in [0.2, 0.25) is 11.6 Å². The molecule has 0 bridgehead atoms. The van der Waals surface area contributed by atoms with Gasteiger partial charge in [0, 0.05) is 0 Å². The van der Waals surface area contributed by atoms with Gasteiger partial charge in [0.1, 0.15) is 17.2 Å². The highest BCUT2D eigenvalue weighted by Crippen LogP contribution is 2.34. The van der Waals surface area contributed by atoms with E-state index in [2.05, 4.69) is 10.4 Å². The maximum atomic E-state index is 13.1. The number of nitrogens with one attached hydrogen (secondary N) is 1. The summed E-state index contributed by atoms with van der Waals surface area (Å²) in [6.07, 6.45) is -3.69. The molecule has 0 atom stereocenters. The molecule has 0 saturated carbocycles. The van der Waals surface area contributed by atoms with Crippen LogP contribution in [-0.4, -0.2) is 38.6 Å². The molecule has 2 amide bonds. The lowest BCUT2D eigenvalue weighted by Gasteiger charge is -2.10. The normalized spacial score (nSPS) is 11.1. The first-order valence-corrected chi connectivity index (χ1v) is 9.60. The number of esters is 1. The van der Waals surface area contributed by atoms with Crippen LogP contribution in [0, 0.1) is 24.0 Å². The lowest BCUT2D eigenvalue weighted by atomic mass is 10.1. The second-order valence-corrected chi connectivity index (χ2v) is 7.68. The van der Waals surface area contributed by atoms with E-state index in [0.29, 0.717) is 0 Å². The van der Waals surface area contributed by atoms with E-state index < -0.39 is 53.2 Å². The van der Waals surface area contributed by atoms with Crippen molar-refractivity contribution < 1.29 is 32.8 Å². The Morgan fingerprint density at radius 1 is 1.32 bits per heavy atom. The first-order chi connectivity index (χ1) is 14.3. The highest BCUT2D eigenvalue weighted by Gasteiger charge is 2.32. The lowest BCUT2D eigenvalue weighted by Crippen LogP contribution is -2.22. The van der Waals surface area contributed by atoms with Crippen molar-refractivity contribution in [1.29, 1.82) is 0 Å². The van der Waals surface area contributed by atoms with Gasteiger partial charge in [0.15, 0.2) is 0 Å². The standard InChI is InChI=1S/C17H19F2N5O6S/c1-6(2)30-17(27)10-7(3)13(15(20)26)31-16(10)21-9(25)5-23-8(4)12(24(28)29)11(22-23)14(18)19/h6,14H,5H2,1-4H3,(H2,20,26)(H,21,25). The first-order valence-electron chi connectivity index (χ1n) is 8.78. The Morgan fingerprint density at radius 3 is 2.39 bits per heavy atom. The number of carbonyl (C=O) groups excluding carboxylic acids is 3. The van der Waals surface area contributed by atoms with E-state index >= 15 is 0 Å². The van der Waals surface area contributed by atoms with Crippen molar-refractivity contribution >= 4 is 39.8 Å². The molecular formula is C17H19F2N5O6S. The zero-order chi connectivity index (χ0) is 23.6. The van der Waals surface area contributed by atoms with E-state index in [9.17, 15) is 33.3 Å². The highest BCUT2D eigenvalue weighted by atomic mass is 32.1. The summed E-state index contributed by atoms with van der Waals surface area (Å²) < 4.78 is 32.0. The molecule has 168 valence electrons. The van der Waals surface area contributed by atoms with Crippen LogP contribution >= 0.6 is 11.3 Å². The lowest BCUT2D eigenvalue weighted by molar-refractivity contribution is -0.386. The van der Waals surface area contributed by atoms with E-state index in [1.54, 1.807) is 13.8 Å². The van der Waals surface area contributed by atoms with Gasteiger partial charge in [-0.25, -0.2) is 13.6 Å². The minimum absolute atomic E-state index is 0.0249. The molecular weight excluding hydrogens is 440 g/mol. The molecule has 0 aliphatic carbocycles. The average Bonchev–Trinajstić information content (AvgIpc) is 3.12. The number of amides is 2. The van der Waals surface area contributed by atoms with Crippen LogP contribution in [0.1, 0.15) is 57.3 Å². The topological polar surface area (TPSA) is 159 Å². The number of hydrogen-bond acceptors (Lipinski definition) is 8. The van der Waals surface area contributed by atoms with E-state index in [1.165, 1.54) is 13.8 Å². The van der Waals surface area contributed by atoms with Gasteiger partial charge >= 0.3 is 11.7 Å². The van der Waals surface area contributed by atoms with Crippen LogP contribution in [0.4, 0.5) is 19.5 Å². The van der Waals surface area contributed by atoms with E-state index in [1.807, 2.05) is 0 Å². The number of halogens is 2. The molecule has 0 radical (unpaired) electrons. The molecule has 0 spiro atoms. The SMILES string of the molecule is Cc1c(C(N)=O)sc(NC(=O)Cn2nc(C(F)F)c([N+](=O)[O-])c2C)c1C(=O)OC(C)C. The van der Waals surface area contributed by atoms with Gasteiger partial charge in [-0.15, -0.1) is 11.3 Å². The van der Waals surface area contributed by atoms with Crippen molar-refractivity contribution in [2.75, 3.05) is 5.32 Å². The molecule has 3 N–H and O–H groups in total. The van der Waals surface area contributed by atoms with E-state index in [4.69, 9.17) is 10.5 Å². The van der Waals surface area contributed by atoms with Crippen molar-refractivity contribution in [3.8, 4) is 0 Å². The summed E-state index contributed by atoms with van der Waals surface area (Å²) in [7, 11) is 0. The summed E-state index contributed by atoms with van der Waals surface area (Å²) in [6.45, 7) is 5.21. The quantitative estimate of drug-likeness (QED) is 0.349. The minimum Gasteiger partial charge on any atom is -0.459 e. The Morgan fingerprint density at radius 2 is 1.94 bits per heavy atom. The fraction of sp³-hybridized carbons (Fsp3) is 0.412. The van der Waals surface area contributed by atoms with Crippen molar-refractivity contribution in [3.05, 3.63) is 37.5 Å². The predicted octanol–water partition coefficient (Wildman–Crippen LogP) is 2.71. The number of primary amides is 1. The molecule has 2 aromatic heterocycles. The molecule has 0 aliphatic rings. The molecule has 0 saturated heterocycles. The Kier molecular flexibility index (Phi) is 7.05. The van der Waals surface area contributed by atoms with Crippen molar-refractivity contribution in [3.63, 3.8) is 0 Å². The molecule has 0 aromatic carbocycles. The largest absolute Gasteiger partial charge is 0.459 e. The number of hydrogen-bond donors (Lipinski definition) is 2. The number of rotatable bonds is 8. The number of thiophene rings is 1. The maximum absolute atomic E-state index is 13.1. The van der Waals surface area contributed by atoms with Gasteiger partial charge < -0.3 is 15.8 Å². The number of carbonyl (C=O) groups is 3. The fourth-order valence-corrected chi connectivity index (χ4v) is 3.81. The summed E-state index contributed by atoms with van der Waals surface area (Å²) in [5.74, 6) is -2.43. The summed E-state index contributed by atoms with van der Waals surface area (Å²) in [6, 6.07) is 0. The van der Waals surface area contributed by atoms with Crippen LogP contribution in [0.5, 0.6) is 0 Å². The zero-order valence-electron chi connectivity index (χ0n) is 16.9. The highest BCUT2D eigenvalue weighted by molar-refractivity contribution is 7.18. The summed E-state index contributed by atoms with van der Waals surface area (Å²) in [5.41, 5.74) is 3.27. The molecule has 2 aromatic rings. The van der Waals surface area contributed by atoms with Crippen molar-refractivity contribution in [2.24, 2.45) is 5.73 Å². The van der Waals surface area contributed by atoms with Crippen molar-refractivity contribution in [2.45, 2.75) is 46.8 Å². The Balaban J connectivity index is 2.37. The van der Waals surface area contributed by atoms with Crippen LogP contribution in [0.25, 0.3) is 0 Å². The molecule has 11 nitrogen and oxygen atoms in total. The van der Waals surface area contributed by atoms with Crippen LogP contribution in [0.3, 0.4) is 0 Å². The fourth-order valence-electron chi connectivity index (χ4n) is 2.74. The second-order valence-electron chi connectivity index (χ2n) is 6.66. The number of nitrogens with zero attached hydrogens (tertiary/aromatic N) is 3. The summed E-state index contributed by atoms with van der Waals surface area (Å²) >= 11 is 0.746. The summed E-state index contributed by atoms with van der Waals surface area (Å²) in [5, 5.41) is 16.9. The van der Waals surface area contributed by atoms with E-state index in [0.717, 1.165) is 16.0 Å². The van der Waals surface area contributed by atoms with Gasteiger partial charge in [-0.1, -0.05) is 0 Å². The third-order valence-electron chi connectivity index (χ3n) is 4.05. The van der Waals surface area contributed by atoms with Gasteiger partial charge in [-0.3, -0.25) is 24.4 Å². The zero-order valence-corrected chi connectivity index (χ0v) is 17.7. The van der Waals surface area contributed by atoms with Gasteiger partial charge in [-0.05, 0) is 33.3 Å². The second kappa shape index (κ2) is 9.16. The molecule has 14 heteroatoms. The Hall–Kier alpha value is -3.42.